The van der Waals surface area contributed by atoms with Gasteiger partial charge in [0.2, 0.25) is 10.0 Å². The highest BCUT2D eigenvalue weighted by molar-refractivity contribution is 7.93. The van der Waals surface area contributed by atoms with Crippen molar-refractivity contribution in [3.05, 3.63) is 106 Å². The van der Waals surface area contributed by atoms with Crippen LogP contribution in [0, 0.1) is 21.7 Å². The second kappa shape index (κ2) is 9.92. The lowest BCUT2D eigenvalue weighted by Crippen LogP contribution is -2.51. The molecule has 192 valence electrons. The summed E-state index contributed by atoms with van der Waals surface area (Å²) in [4.78, 5) is 22.7. The van der Waals surface area contributed by atoms with E-state index in [0.29, 0.717) is 0 Å². The van der Waals surface area contributed by atoms with Crippen LogP contribution in [0.3, 0.4) is 0 Å². The van der Waals surface area contributed by atoms with Gasteiger partial charge in [-0.05, 0) is 48.0 Å². The average Bonchev–Trinajstić information content (AvgIpc) is 2.85. The maximum Gasteiger partial charge on any atom is 0.270 e. The van der Waals surface area contributed by atoms with E-state index in [9.17, 15) is 40.5 Å². The number of sulfone groups is 1. The van der Waals surface area contributed by atoms with E-state index < -0.39 is 65.4 Å². The third kappa shape index (κ3) is 5.19. The van der Waals surface area contributed by atoms with Crippen LogP contribution in [-0.2, 0) is 24.7 Å². The van der Waals surface area contributed by atoms with Crippen molar-refractivity contribution in [2.45, 2.75) is 15.0 Å². The minimum absolute atomic E-state index is 0.153. The van der Waals surface area contributed by atoms with Crippen molar-refractivity contribution in [1.29, 1.82) is 0 Å². The number of non-ortho nitro benzene ring substituents is 1. The number of piperidine rings is 1. The van der Waals surface area contributed by atoms with E-state index in [1.807, 2.05) is 0 Å². The van der Waals surface area contributed by atoms with Crippen molar-refractivity contribution in [3.8, 4) is 0 Å². The number of rotatable bonds is 6. The van der Waals surface area contributed by atoms with Gasteiger partial charge in [0.05, 0.1) is 9.82 Å². The van der Waals surface area contributed by atoms with Gasteiger partial charge in [0, 0.05) is 30.8 Å². The topological polar surface area (TPSA) is 132 Å². The Morgan fingerprint density at radius 1 is 0.946 bits per heavy atom. The van der Waals surface area contributed by atoms with Gasteiger partial charge in [-0.1, -0.05) is 24.3 Å². The maximum absolute atomic E-state index is 14.4. The fraction of sp³-hybridized carbons (Fsp3) is 0.125. The lowest BCUT2D eigenvalue weighted by atomic mass is 10.0. The number of sulfonamides is 1. The van der Waals surface area contributed by atoms with Gasteiger partial charge in [0.1, 0.15) is 21.8 Å². The highest BCUT2D eigenvalue weighted by Crippen LogP contribution is 2.30. The number of hydrogen-bond donors (Lipinski definition) is 0. The number of carbonyl (C=O) groups excluding carboxylic acids is 1. The van der Waals surface area contributed by atoms with Crippen molar-refractivity contribution in [2.75, 3.05) is 13.1 Å². The van der Waals surface area contributed by atoms with Gasteiger partial charge >= 0.3 is 0 Å². The highest BCUT2D eigenvalue weighted by Gasteiger charge is 2.45. The van der Waals surface area contributed by atoms with Gasteiger partial charge < -0.3 is 0 Å². The third-order valence-corrected chi connectivity index (χ3v) is 9.60. The molecule has 0 spiro atoms. The van der Waals surface area contributed by atoms with Gasteiger partial charge in [-0.3, -0.25) is 14.9 Å². The Balaban J connectivity index is 1.85. The van der Waals surface area contributed by atoms with Crippen LogP contribution < -0.4 is 0 Å². The molecule has 0 bridgehead atoms. The number of Topliss-reactive ketones (excluding diaryl/α,β-unsaturated/α-hetero) is 1. The fourth-order valence-electron chi connectivity index (χ4n) is 3.86. The summed E-state index contributed by atoms with van der Waals surface area (Å²) in [6.07, 6.45) is 1.16. The Hall–Kier alpha value is -3.81. The number of ketones is 1. The lowest BCUT2D eigenvalue weighted by Gasteiger charge is -2.32. The predicted molar refractivity (Wildman–Crippen MR) is 129 cm³/mol. The number of nitrogens with zero attached hydrogens (tertiary/aromatic N) is 2. The number of hydrogen-bond acceptors (Lipinski definition) is 7. The van der Waals surface area contributed by atoms with Crippen LogP contribution in [-0.4, -0.2) is 50.2 Å². The number of nitro benzene ring substituents is 1. The van der Waals surface area contributed by atoms with E-state index in [-0.39, 0.29) is 21.7 Å². The molecule has 0 aliphatic carbocycles. The van der Waals surface area contributed by atoms with Crippen molar-refractivity contribution in [3.63, 3.8) is 0 Å². The molecule has 0 radical (unpaired) electrons. The van der Waals surface area contributed by atoms with Crippen molar-refractivity contribution >= 4 is 37.4 Å². The largest absolute Gasteiger partial charge is 0.293 e. The zero-order chi connectivity index (χ0) is 27.0. The van der Waals surface area contributed by atoms with Gasteiger partial charge in [0.25, 0.3) is 5.69 Å². The predicted octanol–water partition coefficient (Wildman–Crippen LogP) is 3.37. The molecule has 9 nitrogen and oxygen atoms in total. The van der Waals surface area contributed by atoms with Gasteiger partial charge in [-0.25, -0.2) is 25.6 Å². The van der Waals surface area contributed by atoms with Crippen LogP contribution in [0.5, 0.6) is 0 Å². The van der Waals surface area contributed by atoms with E-state index >= 15 is 0 Å². The Labute approximate surface area is 210 Å². The molecule has 1 aliphatic heterocycles. The van der Waals surface area contributed by atoms with Crippen molar-refractivity contribution in [1.82, 2.24) is 4.31 Å². The van der Waals surface area contributed by atoms with Crippen LogP contribution in [0.25, 0.3) is 6.08 Å². The zero-order valence-electron chi connectivity index (χ0n) is 18.8. The summed E-state index contributed by atoms with van der Waals surface area (Å²) in [6.45, 7) is -1.38. The first-order valence-electron chi connectivity index (χ1n) is 10.6. The van der Waals surface area contributed by atoms with E-state index in [0.717, 1.165) is 52.8 Å². The molecule has 0 aromatic heterocycles. The molecule has 4 rings (SSSR count). The number of carbonyl (C=O) groups is 1. The first kappa shape index (κ1) is 26.3. The Morgan fingerprint density at radius 3 is 2.27 bits per heavy atom. The van der Waals surface area contributed by atoms with Gasteiger partial charge in [0.15, 0.2) is 15.6 Å². The molecule has 1 aliphatic rings. The van der Waals surface area contributed by atoms with Gasteiger partial charge in [-0.2, -0.15) is 4.31 Å². The summed E-state index contributed by atoms with van der Waals surface area (Å²) in [5, 5.41) is 9.13. The number of benzene rings is 3. The summed E-state index contributed by atoms with van der Waals surface area (Å²) >= 11 is 0. The highest BCUT2D eigenvalue weighted by atomic mass is 32.2. The van der Waals surface area contributed by atoms with Crippen molar-refractivity contribution in [2.24, 2.45) is 0 Å². The second-order valence-electron chi connectivity index (χ2n) is 8.10. The number of halogens is 2. The lowest BCUT2D eigenvalue weighted by molar-refractivity contribution is -0.384. The van der Waals surface area contributed by atoms with Crippen LogP contribution in [0.2, 0.25) is 0 Å². The van der Waals surface area contributed by atoms with Crippen LogP contribution in [0.4, 0.5) is 14.5 Å². The molecule has 0 saturated carbocycles. The molecule has 3 aromatic rings. The quantitative estimate of drug-likeness (QED) is 0.262. The van der Waals surface area contributed by atoms with Crippen LogP contribution in [0.1, 0.15) is 5.56 Å². The summed E-state index contributed by atoms with van der Waals surface area (Å²) in [7, 11) is -9.14. The third-order valence-electron chi connectivity index (χ3n) is 5.72. The monoisotopic (exact) mass is 548 g/mol. The van der Waals surface area contributed by atoms with Crippen LogP contribution in [0.15, 0.2) is 88.2 Å². The fourth-order valence-corrected chi connectivity index (χ4v) is 7.11. The smallest absolute Gasteiger partial charge is 0.270 e. The normalized spacial score (nSPS) is 18.2. The second-order valence-corrected chi connectivity index (χ2v) is 12.1. The molecule has 13 heteroatoms. The van der Waals surface area contributed by atoms with E-state index in [1.54, 1.807) is 0 Å². The first-order chi connectivity index (χ1) is 17.4. The molecular formula is C24H18F2N2O7S2. The van der Waals surface area contributed by atoms with Crippen molar-refractivity contribution < 1.29 is 35.3 Å². The Kier molecular flexibility index (Phi) is 7.04. The first-order valence-corrected chi connectivity index (χ1v) is 13.6. The maximum atomic E-state index is 14.4. The molecule has 0 amide bonds. The molecule has 37 heavy (non-hydrogen) atoms. The standard InChI is InChI=1S/C24H18F2N2O7S2/c25-18-8-10-20(11-9-18)37(34,35)27-14-17(12-16-4-3-5-19(13-16)28(30)31)24(29)23(15-27)36(32,33)22-7-2-1-6-21(22)26/h1-13,23H,14-15H2. The van der Waals surface area contributed by atoms with E-state index in [2.05, 4.69) is 0 Å². The van der Waals surface area contributed by atoms with E-state index in [1.165, 1.54) is 30.3 Å². The van der Waals surface area contributed by atoms with E-state index in [4.69, 9.17) is 0 Å². The molecule has 3 aromatic carbocycles. The molecule has 1 unspecified atom stereocenters. The summed E-state index contributed by atoms with van der Waals surface area (Å²) in [5.41, 5.74) is -0.424. The molecule has 1 fully saturated rings. The molecule has 0 N–H and O–H groups in total. The minimum atomic E-state index is -4.71. The summed E-state index contributed by atoms with van der Waals surface area (Å²) in [6, 6.07) is 13.3. The van der Waals surface area contributed by atoms with Crippen LogP contribution >= 0.6 is 0 Å². The zero-order valence-corrected chi connectivity index (χ0v) is 20.5. The minimum Gasteiger partial charge on any atom is -0.293 e. The summed E-state index contributed by atoms with van der Waals surface area (Å²) < 4.78 is 81.9. The Morgan fingerprint density at radius 2 is 1.62 bits per heavy atom. The molecule has 1 atom stereocenters. The van der Waals surface area contributed by atoms with Gasteiger partial charge in [-0.15, -0.1) is 0 Å². The molecular weight excluding hydrogens is 530 g/mol. The number of nitro groups is 1. The average molecular weight is 549 g/mol. The summed E-state index contributed by atoms with van der Waals surface area (Å²) in [5.74, 6) is -2.78. The Bertz CT molecular complexity index is 1640. The SMILES string of the molecule is O=C1C(=Cc2cccc([N+](=O)[O-])c2)CN(S(=O)(=O)c2ccc(F)cc2)CC1S(=O)(=O)c1ccccc1F. The molecule has 1 saturated heterocycles. The molecule has 1 heterocycles.